The summed E-state index contributed by atoms with van der Waals surface area (Å²) in [5.74, 6) is -1.61. The number of likely N-dealkylation sites (tertiary alicyclic amines) is 1. The number of nitrogens with zero attached hydrogens (tertiary/aromatic N) is 1. The number of hydrogen-bond donors (Lipinski definition) is 2. The maximum Gasteiger partial charge on any atom is 0.323 e. The number of benzene rings is 1. The highest BCUT2D eigenvalue weighted by molar-refractivity contribution is 7.89. The minimum Gasteiger partial charge on any atom is -0.480 e. The van der Waals surface area contributed by atoms with E-state index in [1.54, 1.807) is 18.2 Å². The molecule has 114 valence electrons. The SMILES string of the molecule is O=C(O)CN1CCC[C@H](NS(=O)(=O)c2ccccc2)C1=O. The molecular formula is C13H16N2O5S. The number of amides is 1. The van der Waals surface area contributed by atoms with Crippen LogP contribution in [0.4, 0.5) is 0 Å². The summed E-state index contributed by atoms with van der Waals surface area (Å²) in [5.41, 5.74) is 0. The van der Waals surface area contributed by atoms with E-state index in [0.29, 0.717) is 19.4 Å². The topological polar surface area (TPSA) is 104 Å². The van der Waals surface area contributed by atoms with Gasteiger partial charge in [0.25, 0.3) is 0 Å². The maximum atomic E-state index is 12.2. The minimum absolute atomic E-state index is 0.0770. The molecule has 0 spiro atoms. The molecule has 0 unspecified atom stereocenters. The summed E-state index contributed by atoms with van der Waals surface area (Å²) < 4.78 is 26.7. The maximum absolute atomic E-state index is 12.2. The van der Waals surface area contributed by atoms with Crippen molar-refractivity contribution in [1.82, 2.24) is 9.62 Å². The van der Waals surface area contributed by atoms with E-state index in [2.05, 4.69) is 4.72 Å². The zero-order valence-corrected chi connectivity index (χ0v) is 12.0. The van der Waals surface area contributed by atoms with Crippen LogP contribution in [-0.4, -0.2) is 49.4 Å². The summed E-state index contributed by atoms with van der Waals surface area (Å²) >= 11 is 0. The second-order valence-corrected chi connectivity index (χ2v) is 6.50. The molecule has 21 heavy (non-hydrogen) atoms. The molecule has 1 aromatic rings. The van der Waals surface area contributed by atoms with Crippen LogP contribution in [0, 0.1) is 0 Å². The number of nitrogens with one attached hydrogen (secondary N) is 1. The quantitative estimate of drug-likeness (QED) is 0.799. The highest BCUT2D eigenvalue weighted by Crippen LogP contribution is 2.15. The molecule has 2 rings (SSSR count). The Balaban J connectivity index is 2.12. The smallest absolute Gasteiger partial charge is 0.323 e. The predicted molar refractivity (Wildman–Crippen MR) is 74.0 cm³/mol. The molecule has 1 heterocycles. The van der Waals surface area contributed by atoms with Crippen molar-refractivity contribution in [2.45, 2.75) is 23.8 Å². The van der Waals surface area contributed by atoms with Gasteiger partial charge in [-0.2, -0.15) is 4.72 Å². The molecule has 0 aliphatic carbocycles. The van der Waals surface area contributed by atoms with Crippen LogP contribution in [0.1, 0.15) is 12.8 Å². The van der Waals surface area contributed by atoms with Crippen molar-refractivity contribution in [2.75, 3.05) is 13.1 Å². The van der Waals surface area contributed by atoms with E-state index >= 15 is 0 Å². The molecule has 1 amide bonds. The Morgan fingerprint density at radius 2 is 2.00 bits per heavy atom. The summed E-state index contributed by atoms with van der Waals surface area (Å²) in [6, 6.07) is 6.83. The molecule has 1 saturated heterocycles. The second-order valence-electron chi connectivity index (χ2n) is 4.78. The lowest BCUT2D eigenvalue weighted by atomic mass is 10.1. The zero-order chi connectivity index (χ0) is 15.5. The number of sulfonamides is 1. The highest BCUT2D eigenvalue weighted by Gasteiger charge is 2.33. The zero-order valence-electron chi connectivity index (χ0n) is 11.2. The highest BCUT2D eigenvalue weighted by atomic mass is 32.2. The lowest BCUT2D eigenvalue weighted by Gasteiger charge is -2.31. The molecule has 1 aliphatic heterocycles. The normalized spacial score (nSPS) is 19.5. The lowest BCUT2D eigenvalue weighted by molar-refractivity contribution is -0.146. The summed E-state index contributed by atoms with van der Waals surface area (Å²) in [4.78, 5) is 24.0. The number of hydrogen-bond acceptors (Lipinski definition) is 4. The van der Waals surface area contributed by atoms with Crippen molar-refractivity contribution in [3.8, 4) is 0 Å². The molecule has 0 radical (unpaired) electrons. The minimum atomic E-state index is -3.79. The molecule has 2 N–H and O–H groups in total. The summed E-state index contributed by atoms with van der Waals surface area (Å²) in [6.45, 7) is -0.0862. The molecule has 1 fully saturated rings. The number of piperidine rings is 1. The average Bonchev–Trinajstić information content (AvgIpc) is 2.44. The molecule has 1 atom stereocenters. The Kier molecular flexibility index (Phi) is 4.59. The van der Waals surface area contributed by atoms with Gasteiger partial charge < -0.3 is 10.0 Å². The van der Waals surface area contributed by atoms with E-state index in [1.807, 2.05) is 0 Å². The van der Waals surface area contributed by atoms with Crippen molar-refractivity contribution >= 4 is 21.9 Å². The Hall–Kier alpha value is -1.93. The Morgan fingerprint density at radius 3 is 2.62 bits per heavy atom. The van der Waals surface area contributed by atoms with Crippen LogP contribution in [0.2, 0.25) is 0 Å². The number of carbonyl (C=O) groups excluding carboxylic acids is 1. The molecule has 8 heteroatoms. The van der Waals surface area contributed by atoms with Crippen LogP contribution in [0.5, 0.6) is 0 Å². The van der Waals surface area contributed by atoms with E-state index in [4.69, 9.17) is 5.11 Å². The van der Waals surface area contributed by atoms with Crippen LogP contribution >= 0.6 is 0 Å². The van der Waals surface area contributed by atoms with E-state index in [0.717, 1.165) is 4.90 Å². The van der Waals surface area contributed by atoms with Gasteiger partial charge in [-0.15, -0.1) is 0 Å². The van der Waals surface area contributed by atoms with Crippen LogP contribution < -0.4 is 4.72 Å². The third-order valence-electron chi connectivity index (χ3n) is 3.21. The van der Waals surface area contributed by atoms with Gasteiger partial charge in [-0.05, 0) is 25.0 Å². The van der Waals surface area contributed by atoms with E-state index in [9.17, 15) is 18.0 Å². The molecule has 1 aromatic carbocycles. The van der Waals surface area contributed by atoms with Gasteiger partial charge in [0.15, 0.2) is 0 Å². The molecule has 0 aromatic heterocycles. The van der Waals surface area contributed by atoms with Gasteiger partial charge in [-0.3, -0.25) is 9.59 Å². The summed E-state index contributed by atoms with van der Waals surface area (Å²) in [5, 5.41) is 8.75. The second kappa shape index (κ2) is 6.23. The Labute approximate surface area is 122 Å². The van der Waals surface area contributed by atoms with Crippen LogP contribution in [-0.2, 0) is 19.6 Å². The summed E-state index contributed by atoms with van der Waals surface area (Å²) in [7, 11) is -3.79. The van der Waals surface area contributed by atoms with Gasteiger partial charge in [0.05, 0.1) is 4.90 Å². The number of carboxylic acid groups (broad SMARTS) is 1. The van der Waals surface area contributed by atoms with Crippen LogP contribution in [0.3, 0.4) is 0 Å². The third-order valence-corrected chi connectivity index (χ3v) is 4.70. The lowest BCUT2D eigenvalue weighted by Crippen LogP contribution is -2.53. The first kappa shape index (κ1) is 15.5. The van der Waals surface area contributed by atoms with Gasteiger partial charge in [-0.1, -0.05) is 18.2 Å². The fourth-order valence-corrected chi connectivity index (χ4v) is 3.47. The van der Waals surface area contributed by atoms with Crippen molar-refractivity contribution in [1.29, 1.82) is 0 Å². The number of aliphatic carboxylic acids is 1. The molecule has 0 saturated carbocycles. The monoisotopic (exact) mass is 312 g/mol. The number of carbonyl (C=O) groups is 2. The van der Waals surface area contributed by atoms with Gasteiger partial charge in [0.2, 0.25) is 15.9 Å². The number of rotatable bonds is 5. The molecule has 0 bridgehead atoms. The van der Waals surface area contributed by atoms with Gasteiger partial charge >= 0.3 is 5.97 Å². The van der Waals surface area contributed by atoms with Crippen molar-refractivity contribution in [2.24, 2.45) is 0 Å². The molecule has 7 nitrogen and oxygen atoms in total. The van der Waals surface area contributed by atoms with Gasteiger partial charge in [-0.25, -0.2) is 8.42 Å². The van der Waals surface area contributed by atoms with Crippen molar-refractivity contribution in [3.05, 3.63) is 30.3 Å². The van der Waals surface area contributed by atoms with E-state index in [-0.39, 0.29) is 4.90 Å². The largest absolute Gasteiger partial charge is 0.480 e. The van der Waals surface area contributed by atoms with E-state index < -0.39 is 34.5 Å². The van der Waals surface area contributed by atoms with Crippen LogP contribution in [0.25, 0.3) is 0 Å². The fourth-order valence-electron chi connectivity index (χ4n) is 2.22. The average molecular weight is 312 g/mol. The molecule has 1 aliphatic rings. The van der Waals surface area contributed by atoms with Gasteiger partial charge in [0, 0.05) is 6.54 Å². The predicted octanol–water partition coefficient (Wildman–Crippen LogP) is 0.0405. The fraction of sp³-hybridized carbons (Fsp3) is 0.385. The number of carboxylic acids is 1. The van der Waals surface area contributed by atoms with Crippen molar-refractivity contribution in [3.63, 3.8) is 0 Å². The van der Waals surface area contributed by atoms with Crippen LogP contribution in [0.15, 0.2) is 35.2 Å². The first-order valence-electron chi connectivity index (χ1n) is 6.48. The molecular weight excluding hydrogens is 296 g/mol. The standard InChI is InChI=1S/C13H16N2O5S/c16-12(17)9-15-8-4-7-11(13(15)18)14-21(19,20)10-5-2-1-3-6-10/h1-3,5-6,11,14H,4,7-9H2,(H,16,17)/t11-/m0/s1. The Bertz CT molecular complexity index is 629. The van der Waals surface area contributed by atoms with E-state index in [1.165, 1.54) is 12.1 Å². The third kappa shape index (κ3) is 3.79. The summed E-state index contributed by atoms with van der Waals surface area (Å²) in [6.07, 6.45) is 0.919. The first-order chi connectivity index (χ1) is 9.90. The first-order valence-corrected chi connectivity index (χ1v) is 7.96. The van der Waals surface area contributed by atoms with Gasteiger partial charge in [0.1, 0.15) is 12.6 Å². The van der Waals surface area contributed by atoms with Crippen molar-refractivity contribution < 1.29 is 23.1 Å². The Morgan fingerprint density at radius 1 is 1.33 bits per heavy atom.